The smallest absolute Gasteiger partial charge is 0.251 e. The Kier molecular flexibility index (Phi) is 8.09. The Morgan fingerprint density at radius 1 is 1.07 bits per heavy atom. The van der Waals surface area contributed by atoms with E-state index < -0.39 is 0 Å². The van der Waals surface area contributed by atoms with E-state index in [2.05, 4.69) is 46.7 Å². The third-order valence-corrected chi connectivity index (χ3v) is 4.42. The van der Waals surface area contributed by atoms with E-state index >= 15 is 0 Å². The van der Waals surface area contributed by atoms with E-state index in [4.69, 9.17) is 4.99 Å². The fourth-order valence-corrected chi connectivity index (χ4v) is 3.19. The van der Waals surface area contributed by atoms with Crippen LogP contribution in [0.5, 0.6) is 0 Å². The van der Waals surface area contributed by atoms with Crippen LogP contribution in [0.2, 0.25) is 0 Å². The van der Waals surface area contributed by atoms with Crippen molar-refractivity contribution < 1.29 is 4.79 Å². The van der Waals surface area contributed by atoms with Crippen molar-refractivity contribution in [3.05, 3.63) is 65.2 Å². The van der Waals surface area contributed by atoms with Crippen LogP contribution in [-0.4, -0.2) is 31.5 Å². The Morgan fingerprint density at radius 3 is 2.63 bits per heavy atom. The summed E-state index contributed by atoms with van der Waals surface area (Å²) in [6.45, 7) is 6.91. The predicted molar refractivity (Wildman–Crippen MR) is 122 cm³/mol. The van der Waals surface area contributed by atoms with Gasteiger partial charge in [-0.05, 0) is 49.6 Å². The molecule has 27 heavy (non-hydrogen) atoms. The second kappa shape index (κ2) is 10.3. The highest BCUT2D eigenvalue weighted by molar-refractivity contribution is 14.0. The Bertz CT molecular complexity index is 806. The van der Waals surface area contributed by atoms with Crippen LogP contribution in [0.15, 0.2) is 53.5 Å². The van der Waals surface area contributed by atoms with Crippen molar-refractivity contribution in [2.75, 3.05) is 24.5 Å². The predicted octanol–water partition coefficient (Wildman–Crippen LogP) is 3.58. The third-order valence-electron chi connectivity index (χ3n) is 4.42. The van der Waals surface area contributed by atoms with Crippen molar-refractivity contribution in [3.63, 3.8) is 0 Å². The molecule has 6 heteroatoms. The Morgan fingerprint density at radius 2 is 1.85 bits per heavy atom. The molecule has 0 saturated carbocycles. The molecule has 1 heterocycles. The van der Waals surface area contributed by atoms with E-state index in [9.17, 15) is 4.79 Å². The molecule has 3 rings (SSSR count). The molecule has 0 unspecified atom stereocenters. The molecule has 144 valence electrons. The number of hydrogen-bond acceptors (Lipinski definition) is 2. The average Bonchev–Trinajstić information content (AvgIpc) is 3.09. The van der Waals surface area contributed by atoms with E-state index in [1.165, 1.54) is 11.3 Å². The molecular formula is C21H27IN4O. The molecule has 0 bridgehead atoms. The summed E-state index contributed by atoms with van der Waals surface area (Å²) in [6, 6.07) is 16.1. The van der Waals surface area contributed by atoms with Crippen LogP contribution in [-0.2, 0) is 13.0 Å². The summed E-state index contributed by atoms with van der Waals surface area (Å²) in [4.78, 5) is 19.1. The quantitative estimate of drug-likeness (QED) is 0.393. The molecule has 1 aliphatic heterocycles. The number of nitrogens with zero attached hydrogens (tertiary/aromatic N) is 2. The number of halogens is 1. The molecule has 0 saturated heterocycles. The highest BCUT2D eigenvalue weighted by Crippen LogP contribution is 2.27. The first-order valence-electron chi connectivity index (χ1n) is 9.23. The van der Waals surface area contributed by atoms with Gasteiger partial charge in [0.05, 0.1) is 6.54 Å². The minimum atomic E-state index is -0.0429. The van der Waals surface area contributed by atoms with Gasteiger partial charge in [-0.2, -0.15) is 0 Å². The summed E-state index contributed by atoms with van der Waals surface area (Å²) >= 11 is 0. The normalized spacial score (nSPS) is 13.0. The van der Waals surface area contributed by atoms with E-state index in [0.717, 1.165) is 31.0 Å². The number of amides is 1. The van der Waals surface area contributed by atoms with Gasteiger partial charge < -0.3 is 15.5 Å². The maximum absolute atomic E-state index is 12.0. The molecule has 0 fully saturated rings. The van der Waals surface area contributed by atoms with Gasteiger partial charge in [0.1, 0.15) is 0 Å². The first-order chi connectivity index (χ1) is 12.7. The largest absolute Gasteiger partial charge is 0.356 e. The van der Waals surface area contributed by atoms with Gasteiger partial charge in [-0.3, -0.25) is 4.79 Å². The molecule has 1 amide bonds. The molecule has 0 radical (unpaired) electrons. The number of carbonyl (C=O) groups excluding carboxylic acids is 1. The van der Waals surface area contributed by atoms with Gasteiger partial charge in [-0.15, -0.1) is 24.0 Å². The maximum Gasteiger partial charge on any atom is 0.251 e. The Hall–Kier alpha value is -2.09. The summed E-state index contributed by atoms with van der Waals surface area (Å²) < 4.78 is 0. The van der Waals surface area contributed by atoms with Gasteiger partial charge >= 0.3 is 0 Å². The summed E-state index contributed by atoms with van der Waals surface area (Å²) in [7, 11) is 0. The first kappa shape index (κ1) is 21.2. The van der Waals surface area contributed by atoms with Crippen molar-refractivity contribution in [2.24, 2.45) is 4.99 Å². The molecule has 2 aromatic rings. The lowest BCUT2D eigenvalue weighted by Crippen LogP contribution is -2.40. The van der Waals surface area contributed by atoms with Crippen LogP contribution in [0.25, 0.3) is 0 Å². The number of hydrogen-bond donors (Lipinski definition) is 2. The molecule has 0 atom stereocenters. The van der Waals surface area contributed by atoms with E-state index in [-0.39, 0.29) is 29.9 Å². The van der Waals surface area contributed by atoms with Gasteiger partial charge in [0.15, 0.2) is 5.96 Å². The standard InChI is InChI=1S/C21H26N4O.HI/c1-3-22-20(26)18-10-7-8-16(14-18)15-24-21(23-4-2)25-13-12-17-9-5-6-11-19(17)25;/h5-11,14H,3-4,12-13,15H2,1-2H3,(H,22,26)(H,23,24);1H. The number of nitrogens with one attached hydrogen (secondary N) is 2. The van der Waals surface area contributed by atoms with Gasteiger partial charge in [0, 0.05) is 30.9 Å². The lowest BCUT2D eigenvalue weighted by molar-refractivity contribution is 0.0955. The zero-order chi connectivity index (χ0) is 18.4. The van der Waals surface area contributed by atoms with Crippen molar-refractivity contribution in [1.82, 2.24) is 10.6 Å². The van der Waals surface area contributed by atoms with E-state index in [1.807, 2.05) is 31.2 Å². The second-order valence-corrected chi connectivity index (χ2v) is 6.26. The van der Waals surface area contributed by atoms with Crippen LogP contribution in [0.1, 0.15) is 35.3 Å². The Labute approximate surface area is 178 Å². The number of benzene rings is 2. The topological polar surface area (TPSA) is 56.7 Å². The van der Waals surface area contributed by atoms with Crippen LogP contribution < -0.4 is 15.5 Å². The molecular weight excluding hydrogens is 451 g/mol. The number of carbonyl (C=O) groups is 1. The summed E-state index contributed by atoms with van der Waals surface area (Å²) in [5, 5.41) is 6.22. The number of guanidine groups is 1. The molecule has 0 aromatic heterocycles. The monoisotopic (exact) mass is 478 g/mol. The fraction of sp³-hybridized carbons (Fsp3) is 0.333. The molecule has 5 nitrogen and oxygen atoms in total. The molecule has 0 aliphatic carbocycles. The average molecular weight is 478 g/mol. The van der Waals surface area contributed by atoms with Gasteiger partial charge in [-0.1, -0.05) is 30.3 Å². The summed E-state index contributed by atoms with van der Waals surface area (Å²) in [5.41, 5.74) is 4.28. The minimum absolute atomic E-state index is 0. The van der Waals surface area contributed by atoms with Crippen LogP contribution in [0.3, 0.4) is 0 Å². The summed E-state index contributed by atoms with van der Waals surface area (Å²) in [6.07, 6.45) is 1.03. The van der Waals surface area contributed by atoms with E-state index in [1.54, 1.807) is 0 Å². The lowest BCUT2D eigenvalue weighted by atomic mass is 10.1. The summed E-state index contributed by atoms with van der Waals surface area (Å²) in [5.74, 6) is 0.847. The number of para-hydroxylation sites is 1. The van der Waals surface area contributed by atoms with Crippen LogP contribution in [0, 0.1) is 0 Å². The second-order valence-electron chi connectivity index (χ2n) is 6.26. The lowest BCUT2D eigenvalue weighted by Gasteiger charge is -2.22. The zero-order valence-corrected chi connectivity index (χ0v) is 18.2. The van der Waals surface area contributed by atoms with Crippen molar-refractivity contribution in [3.8, 4) is 0 Å². The zero-order valence-electron chi connectivity index (χ0n) is 15.9. The van der Waals surface area contributed by atoms with Crippen LogP contribution >= 0.6 is 24.0 Å². The van der Waals surface area contributed by atoms with Crippen molar-refractivity contribution in [1.29, 1.82) is 0 Å². The van der Waals surface area contributed by atoms with Crippen molar-refractivity contribution in [2.45, 2.75) is 26.8 Å². The van der Waals surface area contributed by atoms with Crippen molar-refractivity contribution >= 4 is 41.5 Å². The highest BCUT2D eigenvalue weighted by atomic mass is 127. The molecule has 1 aliphatic rings. The minimum Gasteiger partial charge on any atom is -0.356 e. The van der Waals surface area contributed by atoms with Crippen LogP contribution in [0.4, 0.5) is 5.69 Å². The van der Waals surface area contributed by atoms with Gasteiger partial charge in [0.2, 0.25) is 0 Å². The van der Waals surface area contributed by atoms with Gasteiger partial charge in [0.25, 0.3) is 5.91 Å². The molecule has 0 spiro atoms. The Balaban J connectivity index is 0.00000261. The van der Waals surface area contributed by atoms with Gasteiger partial charge in [-0.25, -0.2) is 4.99 Å². The number of anilines is 1. The highest BCUT2D eigenvalue weighted by Gasteiger charge is 2.22. The fourth-order valence-electron chi connectivity index (χ4n) is 3.19. The third kappa shape index (κ3) is 5.22. The SMILES string of the molecule is CCNC(=O)c1cccc(CN=C(NCC)N2CCc3ccccc32)c1.I. The first-order valence-corrected chi connectivity index (χ1v) is 9.23. The number of fused-ring (bicyclic) bond motifs is 1. The number of rotatable bonds is 5. The maximum atomic E-state index is 12.0. The number of aliphatic imine (C=N–C) groups is 1. The molecule has 2 aromatic carbocycles. The van der Waals surface area contributed by atoms with E-state index in [0.29, 0.717) is 18.7 Å². The molecule has 2 N–H and O–H groups in total.